The Kier molecular flexibility index (Phi) is 6.67. The topological polar surface area (TPSA) is 82.8 Å². The van der Waals surface area contributed by atoms with Crippen LogP contribution in [0.5, 0.6) is 0 Å². The molecule has 9 heteroatoms. The van der Waals surface area contributed by atoms with E-state index in [-0.39, 0.29) is 16.6 Å². The molecule has 1 aromatic heterocycles. The number of halogens is 1. The highest BCUT2D eigenvalue weighted by Crippen LogP contribution is 2.27. The minimum Gasteiger partial charge on any atom is -0.354 e. The normalized spacial score (nSPS) is 20.0. The van der Waals surface area contributed by atoms with Crippen molar-refractivity contribution >= 4 is 29.0 Å². The summed E-state index contributed by atoms with van der Waals surface area (Å²) < 4.78 is 0. The number of rotatable bonds is 5. The van der Waals surface area contributed by atoms with Crippen molar-refractivity contribution in [1.29, 1.82) is 0 Å². The van der Waals surface area contributed by atoms with Gasteiger partial charge in [-0.05, 0) is 43.0 Å². The summed E-state index contributed by atoms with van der Waals surface area (Å²) in [5, 5.41) is 11.2. The van der Waals surface area contributed by atoms with Crippen molar-refractivity contribution in [3.8, 4) is 0 Å². The zero-order valence-corrected chi connectivity index (χ0v) is 18.1. The summed E-state index contributed by atoms with van der Waals surface area (Å²) in [4.78, 5) is 34.6. The Balaban J connectivity index is 1.32. The van der Waals surface area contributed by atoms with E-state index < -0.39 is 4.92 Å². The van der Waals surface area contributed by atoms with E-state index in [0.717, 1.165) is 51.4 Å². The first kappa shape index (κ1) is 21.5. The van der Waals surface area contributed by atoms with Crippen molar-refractivity contribution in [3.05, 3.63) is 63.3 Å². The summed E-state index contributed by atoms with van der Waals surface area (Å²) in [5.74, 6) is 1.26. The van der Waals surface area contributed by atoms with E-state index in [2.05, 4.69) is 14.8 Å². The molecule has 0 spiro atoms. The molecule has 164 valence electrons. The number of likely N-dealkylation sites (tertiary alicyclic amines) is 1. The fraction of sp³-hybridized carbons (Fsp3) is 0.455. The zero-order valence-electron chi connectivity index (χ0n) is 17.3. The molecule has 0 N–H and O–H groups in total. The van der Waals surface area contributed by atoms with Gasteiger partial charge in [0.2, 0.25) is 0 Å². The molecule has 2 saturated heterocycles. The van der Waals surface area contributed by atoms with Gasteiger partial charge in [0.05, 0.1) is 4.92 Å². The molecule has 2 aliphatic heterocycles. The predicted octanol–water partition coefficient (Wildman–Crippen LogP) is 3.32. The van der Waals surface area contributed by atoms with Crippen LogP contribution in [0.1, 0.15) is 23.2 Å². The van der Waals surface area contributed by atoms with Gasteiger partial charge in [-0.25, -0.2) is 4.98 Å². The molecule has 4 rings (SSSR count). The lowest BCUT2D eigenvalue weighted by molar-refractivity contribution is -0.384. The molecule has 1 unspecified atom stereocenters. The average molecular weight is 444 g/mol. The molecule has 3 heterocycles. The van der Waals surface area contributed by atoms with Crippen molar-refractivity contribution in [2.24, 2.45) is 5.92 Å². The fourth-order valence-corrected chi connectivity index (χ4v) is 4.62. The van der Waals surface area contributed by atoms with E-state index in [1.54, 1.807) is 6.07 Å². The van der Waals surface area contributed by atoms with Crippen LogP contribution in [0.25, 0.3) is 0 Å². The second-order valence-electron chi connectivity index (χ2n) is 8.16. The van der Waals surface area contributed by atoms with Gasteiger partial charge in [-0.3, -0.25) is 19.8 Å². The number of amides is 1. The van der Waals surface area contributed by atoms with Gasteiger partial charge >= 0.3 is 0 Å². The number of carbonyl (C=O) groups excluding carboxylic acids is 1. The number of piperidine rings is 1. The molecule has 2 aromatic rings. The second-order valence-corrected chi connectivity index (χ2v) is 8.57. The van der Waals surface area contributed by atoms with E-state index in [1.165, 1.54) is 12.1 Å². The summed E-state index contributed by atoms with van der Waals surface area (Å²) in [6, 6.07) is 10.3. The quantitative estimate of drug-likeness (QED) is 0.520. The van der Waals surface area contributed by atoms with Crippen LogP contribution in [0.3, 0.4) is 0 Å². The van der Waals surface area contributed by atoms with Gasteiger partial charge in [-0.1, -0.05) is 17.7 Å². The molecule has 1 amide bonds. The largest absolute Gasteiger partial charge is 0.354 e. The minimum absolute atomic E-state index is 0.0444. The molecule has 0 aliphatic carbocycles. The summed E-state index contributed by atoms with van der Waals surface area (Å²) in [5.41, 5.74) is 0.0904. The summed E-state index contributed by atoms with van der Waals surface area (Å²) in [6.45, 7) is 6.16. The molecule has 2 fully saturated rings. The number of nitro groups is 1. The first-order valence-electron chi connectivity index (χ1n) is 10.6. The van der Waals surface area contributed by atoms with Gasteiger partial charge in [-0.15, -0.1) is 0 Å². The molecule has 1 atom stereocenters. The van der Waals surface area contributed by atoms with Crippen LogP contribution in [-0.4, -0.2) is 71.4 Å². The van der Waals surface area contributed by atoms with E-state index >= 15 is 0 Å². The Morgan fingerprint density at radius 3 is 2.68 bits per heavy atom. The number of anilines is 1. The Hall–Kier alpha value is -2.71. The lowest BCUT2D eigenvalue weighted by atomic mass is 9.96. The van der Waals surface area contributed by atoms with Crippen LogP contribution >= 0.6 is 11.6 Å². The van der Waals surface area contributed by atoms with Gasteiger partial charge in [0.1, 0.15) is 10.8 Å². The van der Waals surface area contributed by atoms with Crippen LogP contribution in [0.15, 0.2) is 42.6 Å². The lowest BCUT2D eigenvalue weighted by Crippen LogP contribution is -2.50. The van der Waals surface area contributed by atoms with Crippen LogP contribution < -0.4 is 4.90 Å². The lowest BCUT2D eigenvalue weighted by Gasteiger charge is -2.39. The number of pyridine rings is 1. The number of nitro benzene ring substituents is 1. The number of hydrogen-bond donors (Lipinski definition) is 0. The van der Waals surface area contributed by atoms with E-state index in [4.69, 9.17) is 11.6 Å². The van der Waals surface area contributed by atoms with Crippen LogP contribution in [0, 0.1) is 16.0 Å². The number of nitrogens with zero attached hydrogens (tertiary/aromatic N) is 5. The highest BCUT2D eigenvalue weighted by Gasteiger charge is 2.28. The summed E-state index contributed by atoms with van der Waals surface area (Å²) in [6.07, 6.45) is 3.86. The minimum atomic E-state index is -0.553. The first-order valence-corrected chi connectivity index (χ1v) is 11.0. The van der Waals surface area contributed by atoms with Crippen molar-refractivity contribution in [2.45, 2.75) is 12.8 Å². The number of aromatic nitrogens is 1. The Bertz CT molecular complexity index is 934. The maximum Gasteiger partial charge on any atom is 0.288 e. The van der Waals surface area contributed by atoms with E-state index in [1.807, 2.05) is 29.3 Å². The summed E-state index contributed by atoms with van der Waals surface area (Å²) in [7, 11) is 0. The molecule has 2 aliphatic rings. The van der Waals surface area contributed by atoms with Gasteiger partial charge in [0, 0.05) is 63.6 Å². The predicted molar refractivity (Wildman–Crippen MR) is 120 cm³/mol. The maximum atomic E-state index is 13.0. The number of piperazine rings is 1. The van der Waals surface area contributed by atoms with Gasteiger partial charge in [0.15, 0.2) is 0 Å². The third-order valence-electron chi connectivity index (χ3n) is 6.06. The number of carbonyl (C=O) groups is 1. The SMILES string of the molecule is O=C(c1ccc(Cl)c([N+](=O)[O-])c1)N1CCCC(CN2CCN(c3ccccn3)CC2)C1. The molecule has 31 heavy (non-hydrogen) atoms. The molecule has 1 aromatic carbocycles. The molecular formula is C22H26ClN5O3. The van der Waals surface area contributed by atoms with Crippen molar-refractivity contribution < 1.29 is 9.72 Å². The Morgan fingerprint density at radius 2 is 1.97 bits per heavy atom. The highest BCUT2D eigenvalue weighted by atomic mass is 35.5. The third kappa shape index (κ3) is 5.14. The van der Waals surface area contributed by atoms with Crippen LogP contribution in [0.2, 0.25) is 5.02 Å². The smallest absolute Gasteiger partial charge is 0.288 e. The monoisotopic (exact) mass is 443 g/mol. The standard InChI is InChI=1S/C22H26ClN5O3/c23-19-7-6-18(14-20(19)28(30)31)22(29)27-9-3-4-17(16-27)15-25-10-12-26(13-11-25)21-5-1-2-8-24-21/h1-2,5-8,14,17H,3-4,9-13,15-16H2. The zero-order chi connectivity index (χ0) is 21.8. The third-order valence-corrected chi connectivity index (χ3v) is 6.38. The first-order chi connectivity index (χ1) is 15.0. The van der Waals surface area contributed by atoms with Gasteiger partial charge in [-0.2, -0.15) is 0 Å². The number of benzene rings is 1. The number of hydrogen-bond acceptors (Lipinski definition) is 6. The van der Waals surface area contributed by atoms with Crippen molar-refractivity contribution in [2.75, 3.05) is 50.7 Å². The van der Waals surface area contributed by atoms with E-state index in [9.17, 15) is 14.9 Å². The van der Waals surface area contributed by atoms with Crippen molar-refractivity contribution in [3.63, 3.8) is 0 Å². The fourth-order valence-electron chi connectivity index (χ4n) is 4.43. The van der Waals surface area contributed by atoms with Gasteiger partial charge in [0.25, 0.3) is 11.6 Å². The Morgan fingerprint density at radius 1 is 1.16 bits per heavy atom. The molecule has 0 radical (unpaired) electrons. The molecule has 8 nitrogen and oxygen atoms in total. The average Bonchev–Trinajstić information content (AvgIpc) is 2.80. The highest BCUT2D eigenvalue weighted by molar-refractivity contribution is 6.32. The maximum absolute atomic E-state index is 13.0. The van der Waals surface area contributed by atoms with Crippen molar-refractivity contribution in [1.82, 2.24) is 14.8 Å². The van der Waals surface area contributed by atoms with Crippen LogP contribution in [0.4, 0.5) is 11.5 Å². The Labute approximate surface area is 186 Å². The molecule has 0 bridgehead atoms. The second kappa shape index (κ2) is 9.62. The molecular weight excluding hydrogens is 418 g/mol. The van der Waals surface area contributed by atoms with Crippen LogP contribution in [-0.2, 0) is 0 Å². The summed E-state index contributed by atoms with van der Waals surface area (Å²) >= 11 is 5.88. The molecule has 0 saturated carbocycles. The van der Waals surface area contributed by atoms with Gasteiger partial charge < -0.3 is 9.80 Å². The van der Waals surface area contributed by atoms with E-state index in [0.29, 0.717) is 24.6 Å².